The van der Waals surface area contributed by atoms with E-state index in [1.165, 1.54) is 0 Å². The van der Waals surface area contributed by atoms with Crippen LogP contribution in [0.4, 0.5) is 0 Å². The highest BCUT2D eigenvalue weighted by atomic mass is 16.4. The van der Waals surface area contributed by atoms with Crippen molar-refractivity contribution in [3.8, 4) is 0 Å². The minimum absolute atomic E-state index is 0.0525. The van der Waals surface area contributed by atoms with Gasteiger partial charge in [-0.25, -0.2) is 0 Å². The summed E-state index contributed by atoms with van der Waals surface area (Å²) in [6, 6.07) is 2.06. The number of nitrogens with one attached hydrogen (secondary N) is 1. The fraction of sp³-hybridized carbons (Fsp3) is 0.429. The lowest BCUT2D eigenvalue weighted by Gasteiger charge is -2.14. The van der Waals surface area contributed by atoms with E-state index in [1.807, 2.05) is 27.7 Å². The molecule has 0 bridgehead atoms. The van der Waals surface area contributed by atoms with E-state index in [0.29, 0.717) is 5.56 Å². The van der Waals surface area contributed by atoms with Crippen molar-refractivity contribution in [3.63, 3.8) is 0 Å². The number of carboxylic acids is 1. The first kappa shape index (κ1) is 14.4. The van der Waals surface area contributed by atoms with Gasteiger partial charge < -0.3 is 5.11 Å². The lowest BCUT2D eigenvalue weighted by atomic mass is 9.92. The molecule has 0 unspecified atom stereocenters. The molecule has 0 saturated carbocycles. The molecule has 0 aromatic heterocycles. The van der Waals surface area contributed by atoms with Crippen molar-refractivity contribution in [1.82, 2.24) is 5.32 Å². The molecule has 1 aromatic carbocycles. The maximum atomic E-state index is 12.1. The van der Waals surface area contributed by atoms with Gasteiger partial charge in [-0.2, -0.15) is 0 Å². The molecule has 0 heterocycles. The largest absolute Gasteiger partial charge is 0.480 e. The second kappa shape index (κ2) is 5.78. The van der Waals surface area contributed by atoms with E-state index in [0.717, 1.165) is 22.3 Å². The molecule has 0 aliphatic rings. The minimum atomic E-state index is -0.961. The molecule has 98 valence electrons. The third-order valence-electron chi connectivity index (χ3n) is 3.21. The summed E-state index contributed by atoms with van der Waals surface area (Å²) >= 11 is 0. The Kier molecular flexibility index (Phi) is 4.62. The fourth-order valence-corrected chi connectivity index (χ4v) is 2.01. The van der Waals surface area contributed by atoms with Gasteiger partial charge >= 0.3 is 5.97 Å². The standard InChI is InChI=1S/C14H19NO3/c1-8-5-9(2)11(4)14(10(8)3)12(16)6-15-7-13(17)18/h5,15H,6-7H2,1-4H3,(H,17,18). The second-order valence-electron chi connectivity index (χ2n) is 4.56. The third kappa shape index (κ3) is 3.17. The molecule has 4 nitrogen and oxygen atoms in total. The molecule has 0 radical (unpaired) electrons. The van der Waals surface area contributed by atoms with Gasteiger partial charge in [0.2, 0.25) is 0 Å². The van der Waals surface area contributed by atoms with Gasteiger partial charge in [0.15, 0.2) is 5.78 Å². The zero-order valence-corrected chi connectivity index (χ0v) is 11.3. The predicted molar refractivity (Wildman–Crippen MR) is 70.2 cm³/mol. The van der Waals surface area contributed by atoms with E-state index in [9.17, 15) is 9.59 Å². The summed E-state index contributed by atoms with van der Waals surface area (Å²) in [5.41, 5.74) is 4.82. The predicted octanol–water partition coefficient (Wildman–Crippen LogP) is 1.78. The summed E-state index contributed by atoms with van der Waals surface area (Å²) in [5.74, 6) is -1.02. The second-order valence-corrected chi connectivity index (χ2v) is 4.56. The van der Waals surface area contributed by atoms with Crippen molar-refractivity contribution in [2.45, 2.75) is 27.7 Å². The minimum Gasteiger partial charge on any atom is -0.480 e. The average Bonchev–Trinajstić information content (AvgIpc) is 2.26. The Labute approximate surface area is 107 Å². The summed E-state index contributed by atoms with van der Waals surface area (Å²) < 4.78 is 0. The van der Waals surface area contributed by atoms with Crippen LogP contribution >= 0.6 is 0 Å². The smallest absolute Gasteiger partial charge is 0.317 e. The van der Waals surface area contributed by atoms with Crippen molar-refractivity contribution < 1.29 is 14.7 Å². The number of carbonyl (C=O) groups excluding carboxylic acids is 1. The summed E-state index contributed by atoms with van der Waals surface area (Å²) in [4.78, 5) is 22.5. The van der Waals surface area contributed by atoms with Gasteiger partial charge in [-0.15, -0.1) is 0 Å². The van der Waals surface area contributed by atoms with Crippen LogP contribution in [0.3, 0.4) is 0 Å². The SMILES string of the molecule is Cc1cc(C)c(C)c(C(=O)CNCC(=O)O)c1C. The van der Waals surface area contributed by atoms with Gasteiger partial charge in [-0.1, -0.05) is 6.07 Å². The van der Waals surface area contributed by atoms with Crippen molar-refractivity contribution in [3.05, 3.63) is 33.9 Å². The van der Waals surface area contributed by atoms with E-state index in [-0.39, 0.29) is 18.9 Å². The van der Waals surface area contributed by atoms with Crippen molar-refractivity contribution in [2.75, 3.05) is 13.1 Å². The highest BCUT2D eigenvalue weighted by Crippen LogP contribution is 2.21. The Morgan fingerprint density at radius 2 is 1.56 bits per heavy atom. The first-order valence-corrected chi connectivity index (χ1v) is 5.87. The number of carbonyl (C=O) groups is 2. The van der Waals surface area contributed by atoms with Crippen LogP contribution in [0.5, 0.6) is 0 Å². The highest BCUT2D eigenvalue weighted by Gasteiger charge is 2.15. The van der Waals surface area contributed by atoms with E-state index < -0.39 is 5.97 Å². The molecular weight excluding hydrogens is 230 g/mol. The topological polar surface area (TPSA) is 66.4 Å². The summed E-state index contributed by atoms with van der Waals surface area (Å²) in [6.45, 7) is 7.65. The fourth-order valence-electron chi connectivity index (χ4n) is 2.01. The Hall–Kier alpha value is -1.68. The van der Waals surface area contributed by atoms with Crippen LogP contribution in [-0.2, 0) is 4.79 Å². The van der Waals surface area contributed by atoms with Crippen LogP contribution in [0.1, 0.15) is 32.6 Å². The third-order valence-corrected chi connectivity index (χ3v) is 3.21. The number of ketones is 1. The van der Waals surface area contributed by atoms with Gasteiger partial charge in [0.1, 0.15) is 0 Å². The number of hydrogen-bond donors (Lipinski definition) is 2. The average molecular weight is 249 g/mol. The highest BCUT2D eigenvalue weighted by molar-refractivity contribution is 6.01. The van der Waals surface area contributed by atoms with Crippen LogP contribution in [0.25, 0.3) is 0 Å². The van der Waals surface area contributed by atoms with Crippen LogP contribution in [0.15, 0.2) is 6.07 Å². The molecule has 1 rings (SSSR count). The Balaban J connectivity index is 2.95. The Morgan fingerprint density at radius 1 is 1.06 bits per heavy atom. The quantitative estimate of drug-likeness (QED) is 0.781. The number of Topliss-reactive ketones (excluding diaryl/α,β-unsaturated/α-hetero) is 1. The number of aryl methyl sites for hydroxylation is 2. The normalized spacial score (nSPS) is 10.4. The van der Waals surface area contributed by atoms with Crippen LogP contribution in [0.2, 0.25) is 0 Å². The molecular formula is C14H19NO3. The zero-order valence-electron chi connectivity index (χ0n) is 11.3. The van der Waals surface area contributed by atoms with E-state index >= 15 is 0 Å². The summed E-state index contributed by atoms with van der Waals surface area (Å²) in [6.07, 6.45) is 0. The molecule has 0 aliphatic heterocycles. The summed E-state index contributed by atoms with van der Waals surface area (Å²) in [5, 5.41) is 11.1. The number of hydrogen-bond acceptors (Lipinski definition) is 3. The van der Waals surface area contributed by atoms with E-state index in [2.05, 4.69) is 11.4 Å². The van der Waals surface area contributed by atoms with Crippen LogP contribution < -0.4 is 5.32 Å². The van der Waals surface area contributed by atoms with Crippen LogP contribution in [0, 0.1) is 27.7 Å². The van der Waals surface area contributed by atoms with Gasteiger partial charge in [-0.05, 0) is 49.9 Å². The molecule has 0 saturated heterocycles. The van der Waals surface area contributed by atoms with Crippen molar-refractivity contribution in [1.29, 1.82) is 0 Å². The van der Waals surface area contributed by atoms with Gasteiger partial charge in [-0.3, -0.25) is 14.9 Å². The maximum Gasteiger partial charge on any atom is 0.317 e. The molecule has 18 heavy (non-hydrogen) atoms. The number of aliphatic carboxylic acids is 1. The van der Waals surface area contributed by atoms with Gasteiger partial charge in [0, 0.05) is 5.56 Å². The van der Waals surface area contributed by atoms with Gasteiger partial charge in [0.05, 0.1) is 13.1 Å². The number of benzene rings is 1. The molecule has 0 spiro atoms. The van der Waals surface area contributed by atoms with Crippen molar-refractivity contribution in [2.24, 2.45) is 0 Å². The van der Waals surface area contributed by atoms with E-state index in [4.69, 9.17) is 5.11 Å². The number of rotatable bonds is 5. The first-order valence-electron chi connectivity index (χ1n) is 5.87. The number of carboxylic acid groups (broad SMARTS) is 1. The molecule has 0 amide bonds. The lowest BCUT2D eigenvalue weighted by Crippen LogP contribution is -2.29. The summed E-state index contributed by atoms with van der Waals surface area (Å²) in [7, 11) is 0. The molecule has 0 atom stereocenters. The molecule has 0 aliphatic carbocycles. The van der Waals surface area contributed by atoms with E-state index in [1.54, 1.807) is 0 Å². The zero-order chi connectivity index (χ0) is 13.9. The first-order chi connectivity index (χ1) is 8.34. The lowest BCUT2D eigenvalue weighted by molar-refractivity contribution is -0.135. The molecule has 1 aromatic rings. The molecule has 0 fully saturated rings. The van der Waals surface area contributed by atoms with Gasteiger partial charge in [0.25, 0.3) is 0 Å². The Morgan fingerprint density at radius 3 is 2.00 bits per heavy atom. The molecule has 4 heteroatoms. The maximum absolute atomic E-state index is 12.1. The monoisotopic (exact) mass is 249 g/mol. The van der Waals surface area contributed by atoms with Crippen LogP contribution in [-0.4, -0.2) is 29.9 Å². The Bertz CT molecular complexity index is 466. The van der Waals surface area contributed by atoms with Crippen molar-refractivity contribution >= 4 is 11.8 Å². The molecule has 2 N–H and O–H groups in total.